The van der Waals surface area contributed by atoms with Crippen molar-refractivity contribution in [1.82, 2.24) is 4.90 Å². The Morgan fingerprint density at radius 2 is 1.88 bits per heavy atom. The minimum Gasteiger partial charge on any atom is -0.481 e. The van der Waals surface area contributed by atoms with Gasteiger partial charge in [-0.05, 0) is 43.4 Å². The van der Waals surface area contributed by atoms with E-state index in [1.54, 1.807) is 17.0 Å². The first-order valence-electron chi connectivity index (χ1n) is 8.39. The number of piperidine rings is 1. The van der Waals surface area contributed by atoms with Gasteiger partial charge in [0.15, 0.2) is 0 Å². The summed E-state index contributed by atoms with van der Waals surface area (Å²) in [7, 11) is 0. The number of benzene rings is 1. The van der Waals surface area contributed by atoms with Gasteiger partial charge in [0.1, 0.15) is 5.82 Å². The molecule has 130 valence electrons. The fourth-order valence-electron chi connectivity index (χ4n) is 3.78. The van der Waals surface area contributed by atoms with Gasteiger partial charge in [-0.3, -0.25) is 9.59 Å². The lowest BCUT2D eigenvalue weighted by Crippen LogP contribution is -2.53. The Labute approximate surface area is 140 Å². The molecular weight excluding hydrogens is 313 g/mol. The Morgan fingerprint density at radius 3 is 2.50 bits per heavy atom. The van der Waals surface area contributed by atoms with E-state index in [4.69, 9.17) is 4.74 Å². The molecular formula is C18H22FNO4. The average molecular weight is 335 g/mol. The van der Waals surface area contributed by atoms with Crippen LogP contribution in [0.4, 0.5) is 4.39 Å². The van der Waals surface area contributed by atoms with Gasteiger partial charge in [0.25, 0.3) is 0 Å². The Kier molecular flexibility index (Phi) is 4.85. The standard InChI is InChI=1S/C18H22FNO4/c19-15-5-3-14(4-6-15)18(7-10-24-11-8-18)17(23)20-9-1-2-13(12-20)16(21)22/h3-6,13H,1-2,7-12H2,(H,21,22). The van der Waals surface area contributed by atoms with Crippen molar-refractivity contribution in [2.75, 3.05) is 26.3 Å². The third kappa shape index (κ3) is 3.15. The molecule has 0 saturated carbocycles. The maximum atomic E-state index is 13.3. The number of rotatable bonds is 3. The van der Waals surface area contributed by atoms with Crippen LogP contribution in [0, 0.1) is 11.7 Å². The van der Waals surface area contributed by atoms with Crippen LogP contribution < -0.4 is 0 Å². The van der Waals surface area contributed by atoms with Crippen LogP contribution >= 0.6 is 0 Å². The molecule has 2 heterocycles. The molecule has 1 aromatic carbocycles. The monoisotopic (exact) mass is 335 g/mol. The predicted molar refractivity (Wildman–Crippen MR) is 85.1 cm³/mol. The molecule has 1 N–H and O–H groups in total. The summed E-state index contributed by atoms with van der Waals surface area (Å²) in [4.78, 5) is 26.3. The topological polar surface area (TPSA) is 66.8 Å². The fraction of sp³-hybridized carbons (Fsp3) is 0.556. The zero-order valence-electron chi connectivity index (χ0n) is 13.5. The van der Waals surface area contributed by atoms with Gasteiger partial charge >= 0.3 is 5.97 Å². The highest BCUT2D eigenvalue weighted by atomic mass is 19.1. The van der Waals surface area contributed by atoms with Crippen LogP contribution in [0.1, 0.15) is 31.2 Å². The molecule has 0 spiro atoms. The maximum Gasteiger partial charge on any atom is 0.308 e. The largest absolute Gasteiger partial charge is 0.481 e. The molecule has 5 nitrogen and oxygen atoms in total. The molecule has 24 heavy (non-hydrogen) atoms. The smallest absolute Gasteiger partial charge is 0.308 e. The summed E-state index contributed by atoms with van der Waals surface area (Å²) in [5, 5.41) is 9.26. The molecule has 0 radical (unpaired) electrons. The van der Waals surface area contributed by atoms with E-state index in [9.17, 15) is 19.1 Å². The van der Waals surface area contributed by atoms with Gasteiger partial charge in [-0.25, -0.2) is 4.39 Å². The van der Waals surface area contributed by atoms with Crippen LogP contribution in [0.15, 0.2) is 24.3 Å². The highest BCUT2D eigenvalue weighted by molar-refractivity contribution is 5.89. The molecule has 1 unspecified atom stereocenters. The second kappa shape index (κ2) is 6.89. The van der Waals surface area contributed by atoms with E-state index in [1.807, 2.05) is 0 Å². The van der Waals surface area contributed by atoms with E-state index in [2.05, 4.69) is 0 Å². The highest BCUT2D eigenvalue weighted by Gasteiger charge is 2.45. The van der Waals surface area contributed by atoms with Crippen LogP contribution in [-0.2, 0) is 19.7 Å². The molecule has 0 bridgehead atoms. The van der Waals surface area contributed by atoms with Crippen molar-refractivity contribution in [3.8, 4) is 0 Å². The minimum absolute atomic E-state index is 0.0524. The third-order valence-corrected chi connectivity index (χ3v) is 5.21. The Hall–Kier alpha value is -1.95. The molecule has 1 aromatic rings. The number of likely N-dealkylation sites (tertiary alicyclic amines) is 1. The van der Waals surface area contributed by atoms with Crippen LogP contribution in [0.25, 0.3) is 0 Å². The van der Waals surface area contributed by atoms with Gasteiger partial charge in [0.2, 0.25) is 5.91 Å². The van der Waals surface area contributed by atoms with Crippen molar-refractivity contribution in [3.63, 3.8) is 0 Å². The number of carboxylic acids is 1. The van der Waals surface area contributed by atoms with Crippen LogP contribution in [0.5, 0.6) is 0 Å². The van der Waals surface area contributed by atoms with Gasteiger partial charge < -0.3 is 14.7 Å². The quantitative estimate of drug-likeness (QED) is 0.919. The lowest BCUT2D eigenvalue weighted by atomic mass is 9.72. The fourth-order valence-corrected chi connectivity index (χ4v) is 3.78. The lowest BCUT2D eigenvalue weighted by Gasteiger charge is -2.42. The summed E-state index contributed by atoms with van der Waals surface area (Å²) < 4.78 is 18.7. The second-order valence-electron chi connectivity index (χ2n) is 6.63. The molecule has 1 amide bonds. The van der Waals surface area contributed by atoms with Crippen molar-refractivity contribution >= 4 is 11.9 Å². The first kappa shape index (κ1) is 16.9. The molecule has 2 aliphatic rings. The minimum atomic E-state index is -0.852. The number of carbonyl (C=O) groups excluding carboxylic acids is 1. The van der Waals surface area contributed by atoms with E-state index >= 15 is 0 Å². The van der Waals surface area contributed by atoms with Gasteiger partial charge in [-0.2, -0.15) is 0 Å². The van der Waals surface area contributed by atoms with Crippen molar-refractivity contribution in [1.29, 1.82) is 0 Å². The number of hydrogen-bond donors (Lipinski definition) is 1. The Morgan fingerprint density at radius 1 is 1.21 bits per heavy atom. The molecule has 0 aromatic heterocycles. The van der Waals surface area contributed by atoms with Crippen molar-refractivity contribution in [3.05, 3.63) is 35.6 Å². The molecule has 2 saturated heterocycles. The first-order chi connectivity index (χ1) is 11.5. The van der Waals surface area contributed by atoms with Crippen LogP contribution in [0.2, 0.25) is 0 Å². The normalized spacial score (nSPS) is 23.7. The number of ether oxygens (including phenoxy) is 1. The zero-order chi connectivity index (χ0) is 17.2. The average Bonchev–Trinajstić information content (AvgIpc) is 2.62. The maximum absolute atomic E-state index is 13.3. The highest BCUT2D eigenvalue weighted by Crippen LogP contribution is 2.38. The number of hydrogen-bond acceptors (Lipinski definition) is 3. The number of carboxylic acid groups (broad SMARTS) is 1. The second-order valence-corrected chi connectivity index (χ2v) is 6.63. The summed E-state index contributed by atoms with van der Waals surface area (Å²) >= 11 is 0. The predicted octanol–water partition coefficient (Wildman–Crippen LogP) is 2.20. The third-order valence-electron chi connectivity index (χ3n) is 5.21. The first-order valence-corrected chi connectivity index (χ1v) is 8.39. The summed E-state index contributed by atoms with van der Waals surface area (Å²) in [6.45, 7) is 1.77. The van der Waals surface area contributed by atoms with Gasteiger partial charge in [-0.15, -0.1) is 0 Å². The molecule has 2 aliphatic heterocycles. The van der Waals surface area contributed by atoms with E-state index < -0.39 is 17.3 Å². The summed E-state index contributed by atoms with van der Waals surface area (Å²) in [6.07, 6.45) is 2.36. The number of halogens is 1. The Bertz CT molecular complexity index is 610. The molecule has 0 aliphatic carbocycles. The molecule has 1 atom stereocenters. The van der Waals surface area contributed by atoms with Crippen molar-refractivity contribution < 1.29 is 23.8 Å². The van der Waals surface area contributed by atoms with Gasteiger partial charge in [-0.1, -0.05) is 12.1 Å². The van der Waals surface area contributed by atoms with Gasteiger partial charge in [0.05, 0.1) is 11.3 Å². The van der Waals surface area contributed by atoms with Crippen molar-refractivity contribution in [2.24, 2.45) is 5.92 Å². The summed E-state index contributed by atoms with van der Waals surface area (Å²) in [6, 6.07) is 6.07. The summed E-state index contributed by atoms with van der Waals surface area (Å²) in [5.74, 6) is -1.75. The number of carbonyl (C=O) groups is 2. The number of nitrogens with zero attached hydrogens (tertiary/aromatic N) is 1. The SMILES string of the molecule is O=C(O)C1CCCN(C(=O)C2(c3ccc(F)cc3)CCOCC2)C1. The lowest BCUT2D eigenvalue weighted by molar-refractivity contribution is -0.149. The van der Waals surface area contributed by atoms with E-state index in [0.29, 0.717) is 45.4 Å². The molecule has 2 fully saturated rings. The zero-order valence-corrected chi connectivity index (χ0v) is 13.5. The Balaban J connectivity index is 1.89. The van der Waals surface area contributed by atoms with Crippen molar-refractivity contribution in [2.45, 2.75) is 31.1 Å². The van der Waals surface area contributed by atoms with Crippen LogP contribution in [-0.4, -0.2) is 48.2 Å². The molecule has 6 heteroatoms. The number of aliphatic carboxylic acids is 1. The van der Waals surface area contributed by atoms with E-state index in [0.717, 1.165) is 5.56 Å². The van der Waals surface area contributed by atoms with E-state index in [-0.39, 0.29) is 18.3 Å². The van der Waals surface area contributed by atoms with Gasteiger partial charge in [0, 0.05) is 26.3 Å². The van der Waals surface area contributed by atoms with Crippen LogP contribution in [0.3, 0.4) is 0 Å². The number of amides is 1. The molecule has 3 rings (SSSR count). The van der Waals surface area contributed by atoms with E-state index in [1.165, 1.54) is 12.1 Å². The summed E-state index contributed by atoms with van der Waals surface area (Å²) in [5.41, 5.74) is 0.0430.